The van der Waals surface area contributed by atoms with Crippen LogP contribution in [0.2, 0.25) is 10.0 Å². The first-order chi connectivity index (χ1) is 9.29. The highest BCUT2D eigenvalue weighted by molar-refractivity contribution is 8.13. The summed E-state index contributed by atoms with van der Waals surface area (Å²) in [6.07, 6.45) is 3.32. The van der Waals surface area contributed by atoms with Gasteiger partial charge in [0.25, 0.3) is 15.0 Å². The maximum Gasteiger partial charge on any atom is 0.262 e. The fourth-order valence-electron chi connectivity index (χ4n) is 1.78. The minimum atomic E-state index is -4.03. The van der Waals surface area contributed by atoms with Gasteiger partial charge in [-0.2, -0.15) is 0 Å². The summed E-state index contributed by atoms with van der Waals surface area (Å²) in [5.41, 5.74) is 0.0473. The van der Waals surface area contributed by atoms with Gasteiger partial charge in [0.1, 0.15) is 4.90 Å². The Kier molecular flexibility index (Phi) is 4.84. The van der Waals surface area contributed by atoms with Gasteiger partial charge < -0.3 is 5.32 Å². The topological polar surface area (TPSA) is 63.2 Å². The smallest absolute Gasteiger partial charge is 0.262 e. The van der Waals surface area contributed by atoms with E-state index in [0.29, 0.717) is 12.5 Å². The third kappa shape index (κ3) is 4.01. The van der Waals surface area contributed by atoms with E-state index in [9.17, 15) is 13.2 Å². The lowest BCUT2D eigenvalue weighted by Gasteiger charge is -2.09. The Bertz CT molecular complexity index is 642. The third-order valence-electron chi connectivity index (χ3n) is 3.06. The molecule has 0 aromatic heterocycles. The lowest BCUT2D eigenvalue weighted by atomic mass is 10.2. The van der Waals surface area contributed by atoms with Gasteiger partial charge in [0.2, 0.25) is 0 Å². The second-order valence-electron chi connectivity index (χ2n) is 4.69. The zero-order valence-corrected chi connectivity index (χ0v) is 13.4. The number of benzene rings is 1. The van der Waals surface area contributed by atoms with Crippen molar-refractivity contribution in [2.24, 2.45) is 5.92 Å². The first kappa shape index (κ1) is 15.9. The minimum Gasteiger partial charge on any atom is -0.352 e. The summed E-state index contributed by atoms with van der Waals surface area (Å²) < 4.78 is 22.7. The zero-order valence-electron chi connectivity index (χ0n) is 10.3. The molecule has 0 saturated heterocycles. The van der Waals surface area contributed by atoms with Gasteiger partial charge in [-0.1, -0.05) is 36.0 Å². The van der Waals surface area contributed by atoms with Gasteiger partial charge >= 0.3 is 0 Å². The molecule has 4 nitrogen and oxygen atoms in total. The highest BCUT2D eigenvalue weighted by Crippen LogP contribution is 2.32. The largest absolute Gasteiger partial charge is 0.352 e. The van der Waals surface area contributed by atoms with Crippen LogP contribution in [0.25, 0.3) is 0 Å². The van der Waals surface area contributed by atoms with Crippen LogP contribution < -0.4 is 5.32 Å². The first-order valence-corrected chi connectivity index (χ1v) is 9.07. The van der Waals surface area contributed by atoms with E-state index in [1.807, 2.05) is 0 Å². The second kappa shape index (κ2) is 6.10. The van der Waals surface area contributed by atoms with Gasteiger partial charge in [0.05, 0.1) is 15.6 Å². The first-order valence-electron chi connectivity index (χ1n) is 6.01. The molecule has 110 valence electrons. The van der Waals surface area contributed by atoms with Crippen LogP contribution in [0.5, 0.6) is 0 Å². The van der Waals surface area contributed by atoms with Crippen molar-refractivity contribution in [3.63, 3.8) is 0 Å². The maximum absolute atomic E-state index is 12.0. The predicted octanol–water partition coefficient (Wildman–Crippen LogP) is 3.45. The maximum atomic E-state index is 12.0. The van der Waals surface area contributed by atoms with Crippen molar-refractivity contribution in [2.75, 3.05) is 6.54 Å². The molecule has 2 rings (SSSR count). The van der Waals surface area contributed by atoms with E-state index in [0.717, 1.165) is 12.5 Å². The van der Waals surface area contributed by atoms with Crippen LogP contribution in [0.1, 0.15) is 29.6 Å². The molecule has 1 saturated carbocycles. The molecule has 0 bridgehead atoms. The fraction of sp³-hybridized carbons (Fsp3) is 0.417. The fourth-order valence-corrected chi connectivity index (χ4v) is 3.61. The van der Waals surface area contributed by atoms with Crippen molar-refractivity contribution in [3.05, 3.63) is 27.7 Å². The molecule has 1 aliphatic carbocycles. The van der Waals surface area contributed by atoms with Crippen LogP contribution in [-0.2, 0) is 9.05 Å². The molecule has 0 radical (unpaired) electrons. The lowest BCUT2D eigenvalue weighted by Crippen LogP contribution is -2.25. The summed E-state index contributed by atoms with van der Waals surface area (Å²) in [6, 6.07) is 2.30. The zero-order chi connectivity index (χ0) is 14.9. The Morgan fingerprint density at radius 3 is 2.45 bits per heavy atom. The van der Waals surface area contributed by atoms with Gasteiger partial charge in [-0.25, -0.2) is 8.42 Å². The average Bonchev–Trinajstić information content (AvgIpc) is 3.11. The SMILES string of the molecule is O=C(NCCC1CC1)c1cc(S(=O)(=O)Cl)c(Cl)cc1Cl. The number of halogens is 3. The predicted molar refractivity (Wildman–Crippen MR) is 79.2 cm³/mol. The van der Waals surface area contributed by atoms with Crippen molar-refractivity contribution in [1.82, 2.24) is 5.32 Å². The summed E-state index contributed by atoms with van der Waals surface area (Å²) in [5, 5.41) is 2.68. The van der Waals surface area contributed by atoms with Gasteiger partial charge in [-0.15, -0.1) is 0 Å². The quantitative estimate of drug-likeness (QED) is 0.822. The van der Waals surface area contributed by atoms with E-state index < -0.39 is 15.0 Å². The molecule has 0 unspecified atom stereocenters. The lowest BCUT2D eigenvalue weighted by molar-refractivity contribution is 0.0952. The molecule has 20 heavy (non-hydrogen) atoms. The van der Waals surface area contributed by atoms with E-state index >= 15 is 0 Å². The van der Waals surface area contributed by atoms with Crippen LogP contribution in [-0.4, -0.2) is 20.9 Å². The molecule has 1 amide bonds. The molecule has 0 atom stereocenters. The third-order valence-corrected chi connectivity index (χ3v) is 5.16. The Hall–Kier alpha value is -0.490. The Labute approximate surface area is 131 Å². The van der Waals surface area contributed by atoms with Crippen LogP contribution in [0.3, 0.4) is 0 Å². The monoisotopic (exact) mass is 355 g/mol. The molecule has 1 aromatic rings. The molecule has 0 aliphatic heterocycles. The van der Waals surface area contributed by atoms with Gasteiger partial charge in [-0.3, -0.25) is 4.79 Å². The summed E-state index contributed by atoms with van der Waals surface area (Å²) in [7, 11) is 1.23. The average molecular weight is 357 g/mol. The summed E-state index contributed by atoms with van der Waals surface area (Å²) >= 11 is 11.7. The molecule has 0 spiro atoms. The standard InChI is InChI=1S/C12H12Cl3NO3S/c13-9-6-10(14)11(20(15,18)19)5-8(9)12(17)16-4-3-7-1-2-7/h5-7H,1-4H2,(H,16,17). The number of hydrogen-bond acceptors (Lipinski definition) is 3. The van der Waals surface area contributed by atoms with Gasteiger partial charge in [-0.05, 0) is 24.5 Å². The summed E-state index contributed by atoms with van der Waals surface area (Å²) in [6.45, 7) is 0.533. The second-order valence-corrected chi connectivity index (χ2v) is 8.04. The minimum absolute atomic E-state index is 0.0473. The van der Waals surface area contributed by atoms with Crippen molar-refractivity contribution < 1.29 is 13.2 Å². The molecule has 1 N–H and O–H groups in total. The van der Waals surface area contributed by atoms with Crippen LogP contribution in [0, 0.1) is 5.92 Å². The number of carbonyl (C=O) groups is 1. The van der Waals surface area contributed by atoms with E-state index in [-0.39, 0.29) is 20.5 Å². The van der Waals surface area contributed by atoms with E-state index in [2.05, 4.69) is 5.32 Å². The Morgan fingerprint density at radius 1 is 1.25 bits per heavy atom. The number of nitrogens with one attached hydrogen (secondary N) is 1. The van der Waals surface area contributed by atoms with Gasteiger partial charge in [0.15, 0.2) is 0 Å². The molecule has 8 heteroatoms. The molecule has 0 heterocycles. The Balaban J connectivity index is 2.19. The van der Waals surface area contributed by atoms with Crippen molar-refractivity contribution in [3.8, 4) is 0 Å². The van der Waals surface area contributed by atoms with Crippen LogP contribution in [0.15, 0.2) is 17.0 Å². The summed E-state index contributed by atoms with van der Waals surface area (Å²) in [5.74, 6) is 0.253. The van der Waals surface area contributed by atoms with E-state index in [1.54, 1.807) is 0 Å². The number of carbonyl (C=O) groups excluding carboxylic acids is 1. The van der Waals surface area contributed by atoms with Crippen molar-refractivity contribution in [1.29, 1.82) is 0 Å². The number of rotatable bonds is 5. The molecular weight excluding hydrogens is 345 g/mol. The molecule has 1 fully saturated rings. The van der Waals surface area contributed by atoms with Crippen LogP contribution >= 0.6 is 33.9 Å². The van der Waals surface area contributed by atoms with E-state index in [4.69, 9.17) is 33.9 Å². The highest BCUT2D eigenvalue weighted by atomic mass is 35.7. The molecular formula is C12H12Cl3NO3S. The number of hydrogen-bond donors (Lipinski definition) is 1. The molecule has 1 aromatic carbocycles. The van der Waals surface area contributed by atoms with E-state index in [1.165, 1.54) is 18.9 Å². The van der Waals surface area contributed by atoms with Gasteiger partial charge in [0, 0.05) is 17.2 Å². The highest BCUT2D eigenvalue weighted by Gasteiger charge is 2.23. The normalized spacial score (nSPS) is 15.2. The van der Waals surface area contributed by atoms with Crippen molar-refractivity contribution >= 4 is 48.8 Å². The summed E-state index contributed by atoms with van der Waals surface area (Å²) in [4.78, 5) is 11.7. The Morgan fingerprint density at radius 2 is 1.90 bits per heavy atom. The molecule has 1 aliphatic rings. The number of amides is 1. The van der Waals surface area contributed by atoms with Crippen LogP contribution in [0.4, 0.5) is 0 Å². The van der Waals surface area contributed by atoms with Crippen molar-refractivity contribution in [2.45, 2.75) is 24.2 Å².